The smallest absolute Gasteiger partial charge is 0.338 e. The van der Waals surface area contributed by atoms with Crippen molar-refractivity contribution in [1.29, 1.82) is 0 Å². The predicted molar refractivity (Wildman–Crippen MR) is 92.6 cm³/mol. The van der Waals surface area contributed by atoms with Crippen LogP contribution in [0.4, 0.5) is 5.69 Å². The number of hydrogen-bond donors (Lipinski definition) is 1. The van der Waals surface area contributed by atoms with E-state index in [2.05, 4.69) is 5.32 Å². The van der Waals surface area contributed by atoms with Crippen LogP contribution in [0.25, 0.3) is 0 Å². The number of rotatable bonds is 6. The van der Waals surface area contributed by atoms with Gasteiger partial charge in [-0.25, -0.2) is 4.79 Å². The minimum Gasteiger partial charge on any atom is -0.481 e. The molecule has 2 aromatic carbocycles. The zero-order valence-electron chi connectivity index (χ0n) is 13.4. The fourth-order valence-electron chi connectivity index (χ4n) is 1.95. The van der Waals surface area contributed by atoms with Crippen molar-refractivity contribution in [3.05, 3.63) is 59.1 Å². The van der Waals surface area contributed by atoms with Gasteiger partial charge in [-0.15, -0.1) is 0 Å². The predicted octanol–water partition coefficient (Wildman–Crippen LogP) is 3.92. The van der Waals surface area contributed by atoms with Gasteiger partial charge in [0.25, 0.3) is 5.91 Å². The second-order valence-electron chi connectivity index (χ2n) is 5.00. The molecule has 0 aliphatic rings. The molecule has 24 heavy (non-hydrogen) atoms. The van der Waals surface area contributed by atoms with Gasteiger partial charge in [0.1, 0.15) is 5.75 Å². The lowest BCUT2D eigenvalue weighted by atomic mass is 10.2. The first-order valence-corrected chi connectivity index (χ1v) is 7.87. The lowest BCUT2D eigenvalue weighted by molar-refractivity contribution is -0.122. The number of esters is 1. The van der Waals surface area contributed by atoms with Crippen molar-refractivity contribution < 1.29 is 19.1 Å². The van der Waals surface area contributed by atoms with Crippen LogP contribution < -0.4 is 10.1 Å². The summed E-state index contributed by atoms with van der Waals surface area (Å²) in [5, 5.41) is 3.26. The third-order valence-corrected chi connectivity index (χ3v) is 3.38. The SMILES string of the molecule is CCOC(=O)c1ccc(NC(=O)[C@H](C)Oc2cccc(Cl)c2)cc1. The summed E-state index contributed by atoms with van der Waals surface area (Å²) in [7, 11) is 0. The molecule has 0 saturated carbocycles. The third kappa shape index (κ3) is 4.99. The van der Waals surface area contributed by atoms with Crippen LogP contribution in [0, 0.1) is 0 Å². The van der Waals surface area contributed by atoms with E-state index in [0.717, 1.165) is 0 Å². The summed E-state index contributed by atoms with van der Waals surface area (Å²) in [6.45, 7) is 3.70. The van der Waals surface area contributed by atoms with Gasteiger partial charge < -0.3 is 14.8 Å². The van der Waals surface area contributed by atoms with Crippen molar-refractivity contribution in [3.63, 3.8) is 0 Å². The molecular weight excluding hydrogens is 330 g/mol. The summed E-state index contributed by atoms with van der Waals surface area (Å²) < 4.78 is 10.5. The number of ether oxygens (including phenoxy) is 2. The number of amides is 1. The highest BCUT2D eigenvalue weighted by Gasteiger charge is 2.15. The Bertz CT molecular complexity index is 715. The van der Waals surface area contributed by atoms with Crippen molar-refractivity contribution in [1.82, 2.24) is 0 Å². The fourth-order valence-corrected chi connectivity index (χ4v) is 2.13. The lowest BCUT2D eigenvalue weighted by Crippen LogP contribution is -2.30. The number of halogens is 1. The summed E-state index contributed by atoms with van der Waals surface area (Å²) in [5.41, 5.74) is 0.993. The molecule has 0 aliphatic carbocycles. The number of nitrogens with one attached hydrogen (secondary N) is 1. The lowest BCUT2D eigenvalue weighted by Gasteiger charge is -2.15. The van der Waals surface area contributed by atoms with E-state index < -0.39 is 12.1 Å². The van der Waals surface area contributed by atoms with Crippen molar-refractivity contribution in [2.45, 2.75) is 20.0 Å². The first-order valence-electron chi connectivity index (χ1n) is 7.50. The van der Waals surface area contributed by atoms with Gasteiger partial charge in [-0.1, -0.05) is 17.7 Å². The molecule has 0 radical (unpaired) electrons. The van der Waals surface area contributed by atoms with Gasteiger partial charge in [0.15, 0.2) is 6.10 Å². The normalized spacial score (nSPS) is 11.5. The molecule has 0 heterocycles. The topological polar surface area (TPSA) is 64.6 Å². The number of anilines is 1. The van der Waals surface area contributed by atoms with E-state index in [1.54, 1.807) is 62.4 Å². The number of carbonyl (C=O) groups excluding carboxylic acids is 2. The van der Waals surface area contributed by atoms with E-state index >= 15 is 0 Å². The molecule has 1 atom stereocenters. The Morgan fingerprint density at radius 2 is 1.88 bits per heavy atom. The van der Waals surface area contributed by atoms with Gasteiger partial charge in [-0.3, -0.25) is 4.79 Å². The number of benzene rings is 2. The quantitative estimate of drug-likeness (QED) is 0.804. The molecule has 2 aromatic rings. The molecule has 0 fully saturated rings. The average molecular weight is 348 g/mol. The van der Waals surface area contributed by atoms with E-state index in [9.17, 15) is 9.59 Å². The molecule has 0 bridgehead atoms. The van der Waals surface area contributed by atoms with Crippen LogP contribution in [0.3, 0.4) is 0 Å². The molecule has 126 valence electrons. The Morgan fingerprint density at radius 1 is 1.17 bits per heavy atom. The first-order chi connectivity index (χ1) is 11.5. The van der Waals surface area contributed by atoms with Crippen LogP contribution in [0.15, 0.2) is 48.5 Å². The Morgan fingerprint density at radius 3 is 2.50 bits per heavy atom. The van der Waals surface area contributed by atoms with Gasteiger partial charge in [-0.2, -0.15) is 0 Å². The Labute approximate surface area is 145 Å². The monoisotopic (exact) mass is 347 g/mol. The first kappa shape index (κ1) is 17.8. The molecule has 0 aliphatic heterocycles. The maximum absolute atomic E-state index is 12.2. The highest BCUT2D eigenvalue weighted by Crippen LogP contribution is 2.19. The van der Waals surface area contributed by atoms with E-state index in [1.165, 1.54) is 0 Å². The number of carbonyl (C=O) groups is 2. The summed E-state index contributed by atoms with van der Waals surface area (Å²) >= 11 is 5.88. The maximum atomic E-state index is 12.2. The Balaban J connectivity index is 1.94. The largest absolute Gasteiger partial charge is 0.481 e. The molecule has 5 nitrogen and oxygen atoms in total. The number of hydrogen-bond acceptors (Lipinski definition) is 4. The van der Waals surface area contributed by atoms with Crippen LogP contribution >= 0.6 is 11.6 Å². The molecular formula is C18H18ClNO4. The summed E-state index contributed by atoms with van der Waals surface area (Å²) in [4.78, 5) is 23.7. The summed E-state index contributed by atoms with van der Waals surface area (Å²) in [6, 6.07) is 13.3. The second-order valence-corrected chi connectivity index (χ2v) is 5.44. The van der Waals surface area contributed by atoms with Crippen LogP contribution in [-0.2, 0) is 9.53 Å². The van der Waals surface area contributed by atoms with Crippen LogP contribution in [0.2, 0.25) is 5.02 Å². The van der Waals surface area contributed by atoms with Crippen LogP contribution in [-0.4, -0.2) is 24.6 Å². The Kier molecular flexibility index (Phi) is 6.21. The molecule has 0 unspecified atom stereocenters. The van der Waals surface area contributed by atoms with E-state index in [-0.39, 0.29) is 5.91 Å². The molecule has 0 spiro atoms. The van der Waals surface area contributed by atoms with E-state index in [0.29, 0.717) is 28.6 Å². The fraction of sp³-hybridized carbons (Fsp3) is 0.222. The molecule has 1 amide bonds. The standard InChI is InChI=1S/C18H18ClNO4/c1-3-23-18(22)13-7-9-15(10-8-13)20-17(21)12(2)24-16-6-4-5-14(19)11-16/h4-12H,3H2,1-2H3,(H,20,21)/t12-/m0/s1. The third-order valence-electron chi connectivity index (χ3n) is 3.14. The van der Waals surface area contributed by atoms with Gasteiger partial charge in [0.05, 0.1) is 12.2 Å². The molecule has 0 aromatic heterocycles. The summed E-state index contributed by atoms with van der Waals surface area (Å²) in [6.07, 6.45) is -0.701. The molecule has 0 saturated heterocycles. The Hall–Kier alpha value is -2.53. The van der Waals surface area contributed by atoms with Crippen molar-refractivity contribution in [3.8, 4) is 5.75 Å². The molecule has 1 N–H and O–H groups in total. The van der Waals surface area contributed by atoms with Crippen molar-refractivity contribution in [2.75, 3.05) is 11.9 Å². The zero-order chi connectivity index (χ0) is 17.5. The minimum absolute atomic E-state index is 0.307. The van der Waals surface area contributed by atoms with Crippen molar-refractivity contribution in [2.24, 2.45) is 0 Å². The average Bonchev–Trinajstić information content (AvgIpc) is 2.55. The van der Waals surface area contributed by atoms with Crippen molar-refractivity contribution >= 4 is 29.2 Å². The maximum Gasteiger partial charge on any atom is 0.338 e. The van der Waals surface area contributed by atoms with Gasteiger partial charge in [-0.05, 0) is 56.3 Å². The van der Waals surface area contributed by atoms with E-state index in [1.807, 2.05) is 0 Å². The van der Waals surface area contributed by atoms with Gasteiger partial charge in [0.2, 0.25) is 0 Å². The summed E-state index contributed by atoms with van der Waals surface area (Å²) in [5.74, 6) is -0.185. The highest BCUT2D eigenvalue weighted by molar-refractivity contribution is 6.30. The second kappa shape index (κ2) is 8.36. The van der Waals surface area contributed by atoms with Gasteiger partial charge in [0, 0.05) is 10.7 Å². The molecule has 6 heteroatoms. The van der Waals surface area contributed by atoms with E-state index in [4.69, 9.17) is 21.1 Å². The van der Waals surface area contributed by atoms with Gasteiger partial charge >= 0.3 is 5.97 Å². The highest BCUT2D eigenvalue weighted by atomic mass is 35.5. The molecule has 2 rings (SSSR count). The zero-order valence-corrected chi connectivity index (χ0v) is 14.2. The minimum atomic E-state index is -0.701. The van der Waals surface area contributed by atoms with Crippen LogP contribution in [0.5, 0.6) is 5.75 Å². The van der Waals surface area contributed by atoms with Crippen LogP contribution in [0.1, 0.15) is 24.2 Å².